The lowest BCUT2D eigenvalue weighted by atomic mass is 10.2. The Kier molecular flexibility index (Phi) is 6.65. The van der Waals surface area contributed by atoms with Gasteiger partial charge < -0.3 is 0 Å². The summed E-state index contributed by atoms with van der Waals surface area (Å²) in [7, 11) is 0. The Morgan fingerprint density at radius 2 is 1.10 bits per heavy atom. The highest BCUT2D eigenvalue weighted by Crippen LogP contribution is 2.51. The van der Waals surface area contributed by atoms with Crippen molar-refractivity contribution in [3.63, 3.8) is 0 Å². The predicted molar refractivity (Wildman–Crippen MR) is 103 cm³/mol. The van der Waals surface area contributed by atoms with E-state index in [1.165, 1.54) is 11.1 Å². The maximum Gasteiger partial charge on any atom is 0.0406 e. The molecule has 5 heteroatoms. The van der Waals surface area contributed by atoms with Gasteiger partial charge in [-0.25, -0.2) is 0 Å². The average Bonchev–Trinajstić information content (AvgIpc) is 2.46. The number of hydrogen-bond donors (Lipinski definition) is 1. The molecule has 112 valence electrons. The van der Waals surface area contributed by atoms with Crippen molar-refractivity contribution >= 4 is 52.5 Å². The Morgan fingerprint density at radius 1 is 0.762 bits per heavy atom. The minimum absolute atomic E-state index is 0.770. The SMILES string of the molecule is S=P(S)(CCc1ccc(Cl)cc1)CCc1ccc(Cl)cc1. The van der Waals surface area contributed by atoms with Crippen LogP contribution in [0.2, 0.25) is 10.0 Å². The first-order valence-corrected chi connectivity index (χ1v) is 11.8. The van der Waals surface area contributed by atoms with Gasteiger partial charge >= 0.3 is 0 Å². The molecule has 0 N–H and O–H groups in total. The molecule has 0 aliphatic rings. The van der Waals surface area contributed by atoms with Crippen LogP contribution in [-0.4, -0.2) is 12.3 Å². The number of benzene rings is 2. The molecule has 0 bridgehead atoms. The lowest BCUT2D eigenvalue weighted by Crippen LogP contribution is -1.97. The van der Waals surface area contributed by atoms with E-state index in [4.69, 9.17) is 47.3 Å². The smallest absolute Gasteiger partial charge is 0.0406 e. The number of aryl methyl sites for hydroxylation is 2. The van der Waals surface area contributed by atoms with Crippen molar-refractivity contribution < 1.29 is 0 Å². The molecule has 2 aromatic carbocycles. The Morgan fingerprint density at radius 3 is 1.43 bits per heavy atom. The van der Waals surface area contributed by atoms with Crippen LogP contribution in [0.5, 0.6) is 0 Å². The Hall–Kier alpha value is 0.0200. The molecular weight excluding hydrogens is 358 g/mol. The number of rotatable bonds is 6. The van der Waals surface area contributed by atoms with Crippen LogP contribution in [0.25, 0.3) is 0 Å². The standard InChI is InChI=1S/C16H17Cl2PS2/c17-15-5-1-13(2-6-15)9-11-19(20,21)12-10-14-3-7-16(18)8-4-14/h1-8H,9-12H2,(H,20,21). The maximum absolute atomic E-state index is 5.89. The van der Waals surface area contributed by atoms with E-state index < -0.39 is 5.24 Å². The highest BCUT2D eigenvalue weighted by atomic mass is 35.5. The first-order valence-electron chi connectivity index (χ1n) is 6.74. The Balaban J connectivity index is 1.85. The minimum Gasteiger partial charge on any atom is -0.141 e. The molecule has 2 aromatic rings. The van der Waals surface area contributed by atoms with E-state index in [0.29, 0.717) is 0 Å². The van der Waals surface area contributed by atoms with Crippen LogP contribution < -0.4 is 0 Å². The second-order valence-corrected chi connectivity index (χ2v) is 13.7. The summed E-state index contributed by atoms with van der Waals surface area (Å²) in [6, 6.07) is 15.9. The Bertz CT molecular complexity index is 570. The van der Waals surface area contributed by atoms with Gasteiger partial charge in [-0.15, -0.1) is 12.2 Å². The van der Waals surface area contributed by atoms with Gasteiger partial charge in [0.25, 0.3) is 0 Å². The van der Waals surface area contributed by atoms with Crippen LogP contribution >= 0.6 is 40.7 Å². The van der Waals surface area contributed by atoms with Gasteiger partial charge in [-0.3, -0.25) is 0 Å². The summed E-state index contributed by atoms with van der Waals surface area (Å²) >= 11 is 22.3. The van der Waals surface area contributed by atoms with E-state index in [-0.39, 0.29) is 0 Å². The van der Waals surface area contributed by atoms with Crippen LogP contribution in [0.1, 0.15) is 11.1 Å². The molecule has 0 saturated carbocycles. The molecular formula is C16H17Cl2PS2. The minimum atomic E-state index is -1.59. The monoisotopic (exact) mass is 374 g/mol. The second kappa shape index (κ2) is 8.04. The third kappa shape index (κ3) is 6.34. The summed E-state index contributed by atoms with van der Waals surface area (Å²) in [6.45, 7) is 0. The van der Waals surface area contributed by atoms with Gasteiger partial charge in [-0.05, 0) is 60.6 Å². The fourth-order valence-electron chi connectivity index (χ4n) is 2.02. The Labute approximate surface area is 147 Å². The fraction of sp³-hybridized carbons (Fsp3) is 0.250. The molecule has 0 aliphatic heterocycles. The lowest BCUT2D eigenvalue weighted by Gasteiger charge is -2.16. The van der Waals surface area contributed by atoms with E-state index >= 15 is 0 Å². The van der Waals surface area contributed by atoms with Crippen molar-refractivity contribution in [3.05, 3.63) is 69.7 Å². The molecule has 0 heterocycles. The number of hydrogen-bond acceptors (Lipinski definition) is 1. The zero-order valence-corrected chi connectivity index (χ0v) is 15.6. The van der Waals surface area contributed by atoms with Gasteiger partial charge in [-0.1, -0.05) is 59.3 Å². The van der Waals surface area contributed by atoms with E-state index in [1.54, 1.807) is 0 Å². The average molecular weight is 375 g/mol. The molecule has 0 fully saturated rings. The molecule has 2 rings (SSSR count). The van der Waals surface area contributed by atoms with Gasteiger partial charge in [0.2, 0.25) is 0 Å². The van der Waals surface area contributed by atoms with Crippen molar-refractivity contribution in [3.8, 4) is 0 Å². The largest absolute Gasteiger partial charge is 0.141 e. The number of thiol groups is 1. The maximum atomic E-state index is 5.89. The van der Waals surface area contributed by atoms with E-state index in [0.717, 1.165) is 35.2 Å². The third-order valence-electron chi connectivity index (χ3n) is 3.33. The highest BCUT2D eigenvalue weighted by molar-refractivity contribution is 8.63. The van der Waals surface area contributed by atoms with Crippen molar-refractivity contribution in [2.45, 2.75) is 12.8 Å². The highest BCUT2D eigenvalue weighted by Gasteiger charge is 2.12. The van der Waals surface area contributed by atoms with Crippen LogP contribution in [0, 0.1) is 0 Å². The molecule has 0 atom stereocenters. The van der Waals surface area contributed by atoms with Gasteiger partial charge in [0, 0.05) is 15.3 Å². The summed E-state index contributed by atoms with van der Waals surface area (Å²) in [5.74, 6) is 0. The van der Waals surface area contributed by atoms with Gasteiger partial charge in [0.15, 0.2) is 0 Å². The number of halogens is 2. The molecule has 21 heavy (non-hydrogen) atoms. The summed E-state index contributed by atoms with van der Waals surface area (Å²) in [6.07, 6.45) is 3.89. The van der Waals surface area contributed by atoms with Crippen molar-refractivity contribution in [2.75, 3.05) is 12.3 Å². The first kappa shape index (κ1) is 17.4. The molecule has 0 spiro atoms. The topological polar surface area (TPSA) is 0 Å². The fourth-order valence-corrected chi connectivity index (χ4v) is 4.86. The van der Waals surface area contributed by atoms with Crippen molar-refractivity contribution in [1.82, 2.24) is 0 Å². The molecule has 0 unspecified atom stereocenters. The third-order valence-corrected chi connectivity index (χ3v) is 7.97. The van der Waals surface area contributed by atoms with Gasteiger partial charge in [0.1, 0.15) is 0 Å². The van der Waals surface area contributed by atoms with Crippen LogP contribution in [0.15, 0.2) is 48.5 Å². The second-order valence-electron chi connectivity index (χ2n) is 5.05. The summed E-state index contributed by atoms with van der Waals surface area (Å²) in [4.78, 5) is 0. The van der Waals surface area contributed by atoms with Gasteiger partial charge in [-0.2, -0.15) is 0 Å². The molecule has 0 aliphatic carbocycles. The van der Waals surface area contributed by atoms with Crippen molar-refractivity contribution in [1.29, 1.82) is 0 Å². The predicted octanol–water partition coefficient (Wildman–Crippen LogP) is 6.10. The van der Waals surface area contributed by atoms with Gasteiger partial charge in [0.05, 0.1) is 0 Å². The zero-order valence-electron chi connectivity index (χ0n) is 11.5. The molecule has 0 aromatic heterocycles. The summed E-state index contributed by atoms with van der Waals surface area (Å²) in [5, 5.41) is -0.0450. The molecule has 0 saturated heterocycles. The van der Waals surface area contributed by atoms with E-state index in [1.807, 2.05) is 24.3 Å². The molecule has 0 radical (unpaired) electrons. The zero-order chi connectivity index (χ0) is 15.3. The van der Waals surface area contributed by atoms with E-state index in [2.05, 4.69) is 24.3 Å². The van der Waals surface area contributed by atoms with Crippen molar-refractivity contribution in [2.24, 2.45) is 0 Å². The van der Waals surface area contributed by atoms with E-state index in [9.17, 15) is 0 Å². The first-order chi connectivity index (χ1) is 9.94. The quantitative estimate of drug-likeness (QED) is 0.470. The molecule has 0 nitrogen and oxygen atoms in total. The molecule has 0 amide bonds. The summed E-state index contributed by atoms with van der Waals surface area (Å²) in [5.41, 5.74) is 2.54. The lowest BCUT2D eigenvalue weighted by molar-refractivity contribution is 1.11. The van der Waals surface area contributed by atoms with Crippen LogP contribution in [0.3, 0.4) is 0 Å². The summed E-state index contributed by atoms with van der Waals surface area (Å²) < 4.78 is 0. The van der Waals surface area contributed by atoms with Crippen LogP contribution in [0.4, 0.5) is 0 Å². The normalized spacial score (nSPS) is 11.6. The van der Waals surface area contributed by atoms with Crippen LogP contribution in [-0.2, 0) is 24.6 Å².